The van der Waals surface area contributed by atoms with E-state index in [0.29, 0.717) is 6.07 Å². The molecule has 0 fully saturated rings. The van der Waals surface area contributed by atoms with Crippen LogP contribution in [0, 0.1) is 11.6 Å². The highest BCUT2D eigenvalue weighted by Crippen LogP contribution is 2.40. The Bertz CT molecular complexity index is 1000. The summed E-state index contributed by atoms with van der Waals surface area (Å²) < 4.78 is 89.3. The van der Waals surface area contributed by atoms with Crippen LogP contribution in [0.5, 0.6) is 0 Å². The maximum atomic E-state index is 14.1. The van der Waals surface area contributed by atoms with Crippen LogP contribution in [-0.2, 0) is 10.0 Å². The van der Waals surface area contributed by atoms with Crippen molar-refractivity contribution in [2.24, 2.45) is 10.2 Å². The molecule has 5 nitrogen and oxygen atoms in total. The van der Waals surface area contributed by atoms with E-state index in [1.807, 2.05) is 0 Å². The number of primary sulfonamides is 1. The summed E-state index contributed by atoms with van der Waals surface area (Å²) in [5.41, 5.74) is -1.21. The van der Waals surface area contributed by atoms with Gasteiger partial charge in [-0.05, 0) is 30.3 Å². The topological polar surface area (TPSA) is 75.8 Å². The minimum atomic E-state index is -4.73. The minimum Gasteiger partial charge on any atom is -0.257 e. The van der Waals surface area contributed by atoms with E-state index in [0.717, 1.165) is 29.3 Å². The summed E-state index contributed by atoms with van der Waals surface area (Å²) in [6.07, 6.45) is -5.38. The van der Waals surface area contributed by atoms with Crippen molar-refractivity contribution in [1.29, 1.82) is 0 Å². The SMILES string of the molecule is NS(=O)(=O)c1ccc(N2N=C(C(F)(F)F)C[C@H]2c2ccc(F)cc2F)cc1. The first-order chi connectivity index (χ1) is 12.5. The van der Waals surface area contributed by atoms with Crippen LogP contribution in [-0.4, -0.2) is 20.3 Å². The van der Waals surface area contributed by atoms with Gasteiger partial charge in [0.1, 0.15) is 17.3 Å². The molecule has 1 aliphatic rings. The molecule has 0 spiro atoms. The van der Waals surface area contributed by atoms with Gasteiger partial charge in [0.2, 0.25) is 10.0 Å². The number of nitrogens with two attached hydrogens (primary N) is 1. The van der Waals surface area contributed by atoms with Crippen molar-refractivity contribution < 1.29 is 30.4 Å². The van der Waals surface area contributed by atoms with Gasteiger partial charge in [-0.1, -0.05) is 6.07 Å². The molecule has 0 saturated carbocycles. The van der Waals surface area contributed by atoms with Crippen molar-refractivity contribution in [2.45, 2.75) is 23.5 Å². The average Bonchev–Trinajstić information content (AvgIpc) is 2.99. The summed E-state index contributed by atoms with van der Waals surface area (Å²) in [5, 5.41) is 9.44. The van der Waals surface area contributed by atoms with Gasteiger partial charge in [-0.15, -0.1) is 0 Å². The number of hydrazone groups is 1. The van der Waals surface area contributed by atoms with Crippen LogP contribution in [0.15, 0.2) is 52.5 Å². The highest BCUT2D eigenvalue weighted by Gasteiger charge is 2.44. The number of benzene rings is 2. The Kier molecular flexibility index (Phi) is 4.68. The molecule has 0 unspecified atom stereocenters. The molecule has 27 heavy (non-hydrogen) atoms. The fourth-order valence-electron chi connectivity index (χ4n) is 2.72. The monoisotopic (exact) mass is 405 g/mol. The molecule has 0 aromatic heterocycles. The van der Waals surface area contributed by atoms with Gasteiger partial charge in [-0.2, -0.15) is 18.3 Å². The third-order valence-electron chi connectivity index (χ3n) is 3.99. The van der Waals surface area contributed by atoms with E-state index in [1.165, 1.54) is 12.1 Å². The second-order valence-electron chi connectivity index (χ2n) is 5.81. The number of hydrogen-bond acceptors (Lipinski definition) is 4. The quantitative estimate of drug-likeness (QED) is 0.795. The van der Waals surface area contributed by atoms with Crippen LogP contribution in [0.4, 0.5) is 27.6 Å². The van der Waals surface area contributed by atoms with Gasteiger partial charge >= 0.3 is 6.18 Å². The van der Waals surface area contributed by atoms with Crippen LogP contribution in [0.3, 0.4) is 0 Å². The molecule has 0 amide bonds. The molecule has 144 valence electrons. The smallest absolute Gasteiger partial charge is 0.257 e. The highest BCUT2D eigenvalue weighted by molar-refractivity contribution is 7.89. The van der Waals surface area contributed by atoms with Crippen molar-refractivity contribution in [3.63, 3.8) is 0 Å². The Hall–Kier alpha value is -2.53. The summed E-state index contributed by atoms with van der Waals surface area (Å²) in [4.78, 5) is -0.241. The molecule has 0 aliphatic carbocycles. The lowest BCUT2D eigenvalue weighted by atomic mass is 10.0. The first kappa shape index (κ1) is 19.2. The van der Waals surface area contributed by atoms with Crippen LogP contribution >= 0.6 is 0 Å². The number of nitrogens with zero attached hydrogens (tertiary/aromatic N) is 2. The Morgan fingerprint density at radius 2 is 1.70 bits per heavy atom. The second kappa shape index (κ2) is 6.57. The third-order valence-corrected chi connectivity index (χ3v) is 4.92. The molecular weight excluding hydrogens is 393 g/mol. The molecule has 0 saturated heterocycles. The summed E-state index contributed by atoms with van der Waals surface area (Å²) >= 11 is 0. The van der Waals surface area contributed by atoms with Crippen molar-refractivity contribution in [2.75, 3.05) is 5.01 Å². The Balaban J connectivity index is 2.05. The van der Waals surface area contributed by atoms with Gasteiger partial charge in [-0.3, -0.25) is 5.01 Å². The Labute approximate surface area is 150 Å². The predicted molar refractivity (Wildman–Crippen MR) is 87.5 cm³/mol. The van der Waals surface area contributed by atoms with E-state index >= 15 is 0 Å². The largest absolute Gasteiger partial charge is 0.431 e. The zero-order valence-corrected chi connectivity index (χ0v) is 14.2. The number of sulfonamides is 1. The normalized spacial score (nSPS) is 17.9. The van der Waals surface area contributed by atoms with Crippen LogP contribution < -0.4 is 10.1 Å². The molecule has 1 atom stereocenters. The maximum Gasteiger partial charge on any atom is 0.431 e. The van der Waals surface area contributed by atoms with E-state index in [9.17, 15) is 30.4 Å². The maximum absolute atomic E-state index is 14.1. The summed E-state index contributed by atoms with van der Waals surface area (Å²) in [6.45, 7) is 0. The number of halogens is 5. The lowest BCUT2D eigenvalue weighted by molar-refractivity contribution is -0.0600. The Morgan fingerprint density at radius 1 is 1.07 bits per heavy atom. The summed E-state index contributed by atoms with van der Waals surface area (Å²) in [7, 11) is -3.99. The summed E-state index contributed by atoms with van der Waals surface area (Å²) in [6, 6.07) is 6.00. The second-order valence-corrected chi connectivity index (χ2v) is 7.38. The average molecular weight is 405 g/mol. The lowest BCUT2D eigenvalue weighted by Crippen LogP contribution is -2.22. The van der Waals surface area contributed by atoms with E-state index in [-0.39, 0.29) is 16.1 Å². The van der Waals surface area contributed by atoms with Crippen molar-refractivity contribution in [3.05, 3.63) is 59.7 Å². The van der Waals surface area contributed by atoms with Crippen molar-refractivity contribution in [1.82, 2.24) is 0 Å². The van der Waals surface area contributed by atoms with E-state index in [4.69, 9.17) is 5.14 Å². The number of alkyl halides is 3. The summed E-state index contributed by atoms with van der Waals surface area (Å²) in [5.74, 6) is -1.87. The van der Waals surface area contributed by atoms with Crippen LogP contribution in [0.1, 0.15) is 18.0 Å². The number of hydrogen-bond donors (Lipinski definition) is 1. The molecule has 0 radical (unpaired) electrons. The molecule has 2 aromatic carbocycles. The zero-order chi connectivity index (χ0) is 20.0. The van der Waals surface area contributed by atoms with Crippen LogP contribution in [0.25, 0.3) is 0 Å². The zero-order valence-electron chi connectivity index (χ0n) is 13.4. The van der Waals surface area contributed by atoms with Gasteiger partial charge in [0.15, 0.2) is 0 Å². The first-order valence-electron chi connectivity index (χ1n) is 7.48. The van der Waals surface area contributed by atoms with Gasteiger partial charge in [0, 0.05) is 18.1 Å². The standard InChI is InChI=1S/C16H12F5N3O2S/c17-9-1-6-12(13(18)7-9)14-8-15(16(19,20)21)23-24(14)10-2-4-11(5-3-10)27(22,25)26/h1-7,14H,8H2,(H2,22,25,26)/t14-/m0/s1. The minimum absolute atomic E-state index is 0.0929. The highest BCUT2D eigenvalue weighted by atomic mass is 32.2. The van der Waals surface area contributed by atoms with Crippen molar-refractivity contribution >= 4 is 21.4 Å². The van der Waals surface area contributed by atoms with Gasteiger partial charge in [0.05, 0.1) is 16.6 Å². The molecule has 0 bridgehead atoms. The fourth-order valence-corrected chi connectivity index (χ4v) is 3.24. The van der Waals surface area contributed by atoms with Crippen LogP contribution in [0.2, 0.25) is 0 Å². The molecule has 2 N–H and O–H groups in total. The van der Waals surface area contributed by atoms with Crippen molar-refractivity contribution in [3.8, 4) is 0 Å². The van der Waals surface area contributed by atoms with E-state index in [2.05, 4.69) is 5.10 Å². The van der Waals surface area contributed by atoms with Gasteiger partial charge < -0.3 is 0 Å². The molecule has 1 heterocycles. The van der Waals surface area contributed by atoms with E-state index in [1.54, 1.807) is 0 Å². The molecule has 11 heteroatoms. The first-order valence-corrected chi connectivity index (χ1v) is 9.03. The number of rotatable bonds is 3. The molecule has 2 aromatic rings. The third kappa shape index (κ3) is 3.93. The van der Waals surface area contributed by atoms with E-state index < -0.39 is 46.0 Å². The Morgan fingerprint density at radius 3 is 2.22 bits per heavy atom. The molecular formula is C16H12F5N3O2S. The fraction of sp³-hybridized carbons (Fsp3) is 0.188. The molecule has 1 aliphatic heterocycles. The molecule has 3 rings (SSSR count). The van der Waals surface area contributed by atoms with Gasteiger partial charge in [-0.25, -0.2) is 22.3 Å². The lowest BCUT2D eigenvalue weighted by Gasteiger charge is -2.24. The number of anilines is 1. The predicted octanol–water partition coefficient (Wildman–Crippen LogP) is 3.48. The van der Waals surface area contributed by atoms with Gasteiger partial charge in [0.25, 0.3) is 0 Å².